The Morgan fingerprint density at radius 2 is 1.68 bits per heavy atom. The van der Waals surface area contributed by atoms with Crippen molar-refractivity contribution in [3.63, 3.8) is 0 Å². The summed E-state index contributed by atoms with van der Waals surface area (Å²) in [4.78, 5) is 14.6. The summed E-state index contributed by atoms with van der Waals surface area (Å²) in [5.41, 5.74) is 2.22. The van der Waals surface area contributed by atoms with Gasteiger partial charge in [0.05, 0.1) is 25.8 Å². The van der Waals surface area contributed by atoms with Crippen molar-refractivity contribution in [3.05, 3.63) is 59.7 Å². The molecule has 25 heavy (non-hydrogen) atoms. The predicted molar refractivity (Wildman–Crippen MR) is 98.0 cm³/mol. The van der Waals surface area contributed by atoms with Crippen LogP contribution in [0.3, 0.4) is 0 Å². The summed E-state index contributed by atoms with van der Waals surface area (Å²) in [6.45, 7) is 0.703. The van der Waals surface area contributed by atoms with Gasteiger partial charge in [0.15, 0.2) is 0 Å². The minimum absolute atomic E-state index is 0.00365. The zero-order valence-electron chi connectivity index (χ0n) is 14.9. The molecule has 1 heterocycles. The molecule has 0 bridgehead atoms. The van der Waals surface area contributed by atoms with Gasteiger partial charge in [-0.2, -0.15) is 0 Å². The van der Waals surface area contributed by atoms with Crippen molar-refractivity contribution in [1.29, 1.82) is 0 Å². The summed E-state index contributed by atoms with van der Waals surface area (Å²) in [6.07, 6.45) is 3.28. The van der Waals surface area contributed by atoms with Crippen molar-refractivity contribution in [1.82, 2.24) is 4.90 Å². The second-order valence-electron chi connectivity index (χ2n) is 6.31. The number of methoxy groups -OCH3 is 2. The molecule has 0 spiro atoms. The van der Waals surface area contributed by atoms with E-state index in [0.29, 0.717) is 13.0 Å². The second kappa shape index (κ2) is 8.06. The zero-order valence-corrected chi connectivity index (χ0v) is 14.9. The molecule has 2 aromatic carbocycles. The van der Waals surface area contributed by atoms with Gasteiger partial charge in [-0.3, -0.25) is 4.79 Å². The first-order valence-corrected chi connectivity index (χ1v) is 8.79. The van der Waals surface area contributed by atoms with E-state index < -0.39 is 0 Å². The fourth-order valence-electron chi connectivity index (χ4n) is 3.60. The Morgan fingerprint density at radius 3 is 2.32 bits per heavy atom. The highest BCUT2D eigenvalue weighted by Gasteiger charge is 2.32. The maximum Gasteiger partial charge on any atom is 0.223 e. The quantitative estimate of drug-likeness (QED) is 0.798. The average Bonchev–Trinajstić information content (AvgIpc) is 2.67. The molecule has 1 aliphatic rings. The molecule has 1 atom stereocenters. The second-order valence-corrected chi connectivity index (χ2v) is 6.31. The van der Waals surface area contributed by atoms with Gasteiger partial charge in [-0.1, -0.05) is 36.4 Å². The van der Waals surface area contributed by atoms with E-state index in [-0.39, 0.29) is 11.9 Å². The van der Waals surface area contributed by atoms with Gasteiger partial charge in [0, 0.05) is 13.0 Å². The molecule has 1 amide bonds. The molecule has 0 aromatic heterocycles. The fourth-order valence-corrected chi connectivity index (χ4v) is 3.60. The molecule has 0 aliphatic carbocycles. The van der Waals surface area contributed by atoms with Crippen LogP contribution < -0.4 is 9.47 Å². The van der Waals surface area contributed by atoms with Crippen LogP contribution >= 0.6 is 0 Å². The highest BCUT2D eigenvalue weighted by atomic mass is 16.5. The lowest BCUT2D eigenvalue weighted by Crippen LogP contribution is -2.39. The number of carbonyl (C=O) groups excluding carboxylic acids is 1. The van der Waals surface area contributed by atoms with Crippen molar-refractivity contribution >= 4 is 5.91 Å². The summed E-state index contributed by atoms with van der Waals surface area (Å²) in [7, 11) is 3.33. The molecule has 0 N–H and O–H groups in total. The van der Waals surface area contributed by atoms with Crippen LogP contribution in [0.15, 0.2) is 48.5 Å². The summed E-state index contributed by atoms with van der Waals surface area (Å²) >= 11 is 0. The highest BCUT2D eigenvalue weighted by molar-refractivity contribution is 5.78. The molecule has 4 nitrogen and oxygen atoms in total. The van der Waals surface area contributed by atoms with Crippen molar-refractivity contribution < 1.29 is 14.3 Å². The molecule has 3 rings (SSSR count). The maximum atomic E-state index is 12.6. The van der Waals surface area contributed by atoms with Crippen LogP contribution in [0.1, 0.15) is 36.4 Å². The van der Waals surface area contributed by atoms with E-state index in [4.69, 9.17) is 9.47 Å². The van der Waals surface area contributed by atoms with Crippen molar-refractivity contribution in [2.45, 2.75) is 31.7 Å². The normalized spacial score (nSPS) is 17.4. The average molecular weight is 339 g/mol. The number of benzene rings is 2. The van der Waals surface area contributed by atoms with Gasteiger partial charge in [-0.15, -0.1) is 0 Å². The third kappa shape index (κ3) is 3.78. The van der Waals surface area contributed by atoms with E-state index in [9.17, 15) is 4.79 Å². The minimum Gasteiger partial charge on any atom is -0.496 e. The van der Waals surface area contributed by atoms with E-state index in [1.807, 2.05) is 41.3 Å². The van der Waals surface area contributed by atoms with Crippen LogP contribution in [0.2, 0.25) is 0 Å². The number of carbonyl (C=O) groups is 1. The number of piperidine rings is 1. The molecule has 0 saturated carbocycles. The van der Waals surface area contributed by atoms with E-state index >= 15 is 0 Å². The summed E-state index contributed by atoms with van der Waals surface area (Å²) in [6, 6.07) is 16.1. The number of rotatable bonds is 6. The van der Waals surface area contributed by atoms with Gasteiger partial charge in [-0.25, -0.2) is 0 Å². The van der Waals surface area contributed by atoms with E-state index in [0.717, 1.165) is 36.3 Å². The highest BCUT2D eigenvalue weighted by Crippen LogP contribution is 2.41. The molecule has 1 unspecified atom stereocenters. The first kappa shape index (κ1) is 17.3. The van der Waals surface area contributed by atoms with Gasteiger partial charge in [0.25, 0.3) is 0 Å². The Bertz CT molecular complexity index is 692. The summed E-state index contributed by atoms with van der Waals surface area (Å²) in [5, 5.41) is 0. The Morgan fingerprint density at radius 1 is 1.00 bits per heavy atom. The Kier molecular flexibility index (Phi) is 5.59. The molecular formula is C21H25NO3. The monoisotopic (exact) mass is 339 g/mol. The van der Waals surface area contributed by atoms with Gasteiger partial charge in [0.2, 0.25) is 5.91 Å². The number of hydrogen-bond donors (Lipinski definition) is 0. The molecule has 1 fully saturated rings. The number of ether oxygens (including phenoxy) is 2. The smallest absolute Gasteiger partial charge is 0.223 e. The Hall–Kier alpha value is -2.49. The van der Waals surface area contributed by atoms with Crippen LogP contribution in [-0.2, 0) is 11.2 Å². The number of amides is 1. The van der Waals surface area contributed by atoms with Crippen LogP contribution in [0.25, 0.3) is 0 Å². The van der Waals surface area contributed by atoms with Crippen molar-refractivity contribution in [2.24, 2.45) is 0 Å². The number of nitrogens with zero attached hydrogens (tertiary/aromatic N) is 1. The molecule has 132 valence electrons. The standard InChI is InChI=1S/C21H25NO3/c1-24-18-11-7-12-19(25-2)21(18)17-10-6-13-20(23)22(17)15-14-16-8-4-3-5-9-16/h3-5,7-9,11-12,17H,6,10,13-15H2,1-2H3. The van der Waals surface area contributed by atoms with Gasteiger partial charge in [0.1, 0.15) is 11.5 Å². The Labute approximate surface area is 149 Å². The lowest BCUT2D eigenvalue weighted by molar-refractivity contribution is -0.136. The minimum atomic E-state index is -0.00365. The lowest BCUT2D eigenvalue weighted by atomic mass is 9.92. The predicted octanol–water partition coefficient (Wildman–Crippen LogP) is 4.00. The molecule has 1 saturated heterocycles. The molecular weight excluding hydrogens is 314 g/mol. The zero-order chi connectivity index (χ0) is 17.6. The molecule has 0 radical (unpaired) electrons. The molecule has 2 aromatic rings. The van der Waals surface area contributed by atoms with Crippen LogP contribution in [0.4, 0.5) is 0 Å². The Balaban J connectivity index is 1.89. The lowest BCUT2D eigenvalue weighted by Gasteiger charge is -2.37. The van der Waals surface area contributed by atoms with Gasteiger partial charge < -0.3 is 14.4 Å². The first-order valence-electron chi connectivity index (χ1n) is 8.79. The topological polar surface area (TPSA) is 38.8 Å². The van der Waals surface area contributed by atoms with Crippen LogP contribution in [-0.4, -0.2) is 31.6 Å². The van der Waals surface area contributed by atoms with E-state index in [1.165, 1.54) is 5.56 Å². The van der Waals surface area contributed by atoms with Crippen LogP contribution in [0.5, 0.6) is 11.5 Å². The SMILES string of the molecule is COc1cccc(OC)c1C1CCCC(=O)N1CCc1ccccc1. The third-order valence-electron chi connectivity index (χ3n) is 4.85. The summed E-state index contributed by atoms with van der Waals surface area (Å²) in [5.74, 6) is 1.77. The van der Waals surface area contributed by atoms with Crippen molar-refractivity contribution in [3.8, 4) is 11.5 Å². The number of hydrogen-bond acceptors (Lipinski definition) is 3. The third-order valence-corrected chi connectivity index (χ3v) is 4.85. The van der Waals surface area contributed by atoms with E-state index in [1.54, 1.807) is 14.2 Å². The van der Waals surface area contributed by atoms with Gasteiger partial charge >= 0.3 is 0 Å². The van der Waals surface area contributed by atoms with Crippen molar-refractivity contribution in [2.75, 3.05) is 20.8 Å². The number of likely N-dealkylation sites (tertiary alicyclic amines) is 1. The maximum absolute atomic E-state index is 12.6. The van der Waals surface area contributed by atoms with Gasteiger partial charge in [-0.05, 0) is 37.0 Å². The summed E-state index contributed by atoms with van der Waals surface area (Å²) < 4.78 is 11.1. The van der Waals surface area contributed by atoms with E-state index in [2.05, 4.69) is 12.1 Å². The fraction of sp³-hybridized carbons (Fsp3) is 0.381. The molecule has 4 heteroatoms. The largest absolute Gasteiger partial charge is 0.496 e. The van der Waals surface area contributed by atoms with Crippen LogP contribution in [0, 0.1) is 0 Å². The molecule has 1 aliphatic heterocycles. The first-order chi connectivity index (χ1) is 12.2.